The van der Waals surface area contributed by atoms with Gasteiger partial charge < -0.3 is 9.84 Å². The monoisotopic (exact) mass is 469 g/mol. The lowest BCUT2D eigenvalue weighted by molar-refractivity contribution is -0.148. The largest absolute Gasteiger partial charge is 0.503 e. The van der Waals surface area contributed by atoms with Crippen LogP contribution in [0.5, 0.6) is 5.75 Å². The van der Waals surface area contributed by atoms with Crippen LogP contribution >= 0.6 is 23.2 Å². The molecule has 0 saturated carbocycles. The number of aromatic hydroxyl groups is 1. The van der Waals surface area contributed by atoms with Crippen LogP contribution in [-0.4, -0.2) is 27.7 Å². The molecule has 31 heavy (non-hydrogen) atoms. The molecule has 1 atom stereocenters. The van der Waals surface area contributed by atoms with Crippen LogP contribution < -0.4 is 0 Å². The smallest absolute Gasteiger partial charge is 0.313 e. The Morgan fingerprint density at radius 3 is 2.32 bits per heavy atom. The fourth-order valence-corrected chi connectivity index (χ4v) is 3.81. The molecule has 0 fully saturated rings. The second kappa shape index (κ2) is 8.48. The molecular weight excluding hydrogens is 451 g/mol. The van der Waals surface area contributed by atoms with Gasteiger partial charge in [0.25, 0.3) is 5.91 Å². The minimum absolute atomic E-state index is 0.113. The van der Waals surface area contributed by atoms with Crippen molar-refractivity contribution >= 4 is 46.0 Å². The van der Waals surface area contributed by atoms with Gasteiger partial charge in [-0.25, -0.2) is 8.78 Å². The topological polar surface area (TPSA) is 68.5 Å². The Hall–Kier alpha value is -2.64. The lowest BCUT2D eigenvalue weighted by Crippen LogP contribution is -2.19. The van der Waals surface area contributed by atoms with Gasteiger partial charge in [0.05, 0.1) is 27.6 Å². The Morgan fingerprint density at radius 1 is 1.10 bits per heavy atom. The summed E-state index contributed by atoms with van der Waals surface area (Å²) in [5.41, 5.74) is 0.290. The van der Waals surface area contributed by atoms with Gasteiger partial charge in [-0.15, -0.1) is 0 Å². The van der Waals surface area contributed by atoms with Crippen molar-refractivity contribution in [2.45, 2.75) is 39.7 Å². The normalized spacial score (nSPS) is 12.4. The number of aromatic nitrogens is 1. The Morgan fingerprint density at radius 2 is 1.74 bits per heavy atom. The Bertz CT molecular complexity index is 1220. The first kappa shape index (κ1) is 23.0. The molecule has 5 nitrogen and oxygen atoms in total. The van der Waals surface area contributed by atoms with E-state index < -0.39 is 41.3 Å². The van der Waals surface area contributed by atoms with Crippen molar-refractivity contribution in [2.75, 3.05) is 0 Å². The number of hydrogen-bond donors (Lipinski definition) is 1. The summed E-state index contributed by atoms with van der Waals surface area (Å²) in [6, 6.07) is 5.03. The summed E-state index contributed by atoms with van der Waals surface area (Å²) < 4.78 is 35.5. The van der Waals surface area contributed by atoms with E-state index >= 15 is 0 Å². The summed E-state index contributed by atoms with van der Waals surface area (Å²) in [7, 11) is 0. The maximum Gasteiger partial charge on any atom is 0.313 e. The van der Waals surface area contributed by atoms with Crippen LogP contribution in [0.2, 0.25) is 10.0 Å². The molecule has 0 aliphatic rings. The summed E-state index contributed by atoms with van der Waals surface area (Å²) in [5.74, 6) is -5.99. The second-order valence-electron chi connectivity index (χ2n) is 7.39. The Balaban J connectivity index is 2.32. The number of nitrogens with zero attached hydrogens (tertiary/aromatic N) is 1. The number of fused-ring (bicyclic) bond motifs is 1. The van der Waals surface area contributed by atoms with E-state index in [0.29, 0.717) is 0 Å². The molecule has 2 aromatic carbocycles. The summed E-state index contributed by atoms with van der Waals surface area (Å²) in [6.45, 7) is 6.31. The van der Waals surface area contributed by atoms with Crippen molar-refractivity contribution in [3.05, 3.63) is 62.8 Å². The van der Waals surface area contributed by atoms with E-state index in [1.54, 1.807) is 13.8 Å². The molecule has 1 heterocycles. The lowest BCUT2D eigenvalue weighted by Gasteiger charge is -2.15. The second-order valence-corrected chi connectivity index (χ2v) is 8.21. The minimum atomic E-state index is -1.27. The molecule has 3 rings (SSSR count). The molecule has 0 unspecified atom stereocenters. The molecule has 0 amide bonds. The predicted molar refractivity (Wildman–Crippen MR) is 114 cm³/mol. The number of ether oxygens (including phenoxy) is 1. The zero-order chi connectivity index (χ0) is 23.2. The fraction of sp³-hybridized carbons (Fsp3) is 0.273. The van der Waals surface area contributed by atoms with Crippen LogP contribution in [0.25, 0.3) is 10.9 Å². The van der Waals surface area contributed by atoms with Crippen molar-refractivity contribution in [1.82, 2.24) is 4.57 Å². The molecular formula is C22H19Cl2F2NO4. The van der Waals surface area contributed by atoms with E-state index in [1.807, 2.05) is 0 Å². The summed E-state index contributed by atoms with van der Waals surface area (Å²) in [6.07, 6.45) is -0.419. The fourth-order valence-electron chi connectivity index (χ4n) is 3.51. The Labute approximate surface area is 187 Å². The number of benzene rings is 2. The summed E-state index contributed by atoms with van der Waals surface area (Å²) >= 11 is 11.9. The number of rotatable bonds is 4. The molecule has 0 aliphatic heterocycles. The van der Waals surface area contributed by atoms with Crippen LogP contribution in [0, 0.1) is 18.6 Å². The third-order valence-corrected chi connectivity index (χ3v) is 5.66. The maximum absolute atomic E-state index is 15.0. The van der Waals surface area contributed by atoms with Crippen LogP contribution in [-0.2, 0) is 9.53 Å². The maximum atomic E-state index is 15.0. The van der Waals surface area contributed by atoms with Gasteiger partial charge in [-0.3, -0.25) is 14.2 Å². The van der Waals surface area contributed by atoms with Crippen LogP contribution in [0.4, 0.5) is 8.78 Å². The van der Waals surface area contributed by atoms with Gasteiger partial charge in [-0.2, -0.15) is 0 Å². The first-order valence-corrected chi connectivity index (χ1v) is 10.1. The van der Waals surface area contributed by atoms with Gasteiger partial charge in [0.15, 0.2) is 17.4 Å². The molecule has 0 spiro atoms. The van der Waals surface area contributed by atoms with Gasteiger partial charge >= 0.3 is 5.97 Å². The predicted octanol–water partition coefficient (Wildman–Crippen LogP) is 5.98. The van der Waals surface area contributed by atoms with Gasteiger partial charge in [0.1, 0.15) is 0 Å². The quantitative estimate of drug-likeness (QED) is 0.476. The third-order valence-electron chi connectivity index (χ3n) is 4.92. The molecule has 0 aliphatic carbocycles. The van der Waals surface area contributed by atoms with Crippen LogP contribution in [0.15, 0.2) is 24.3 Å². The first-order valence-electron chi connectivity index (χ1n) is 9.37. The zero-order valence-electron chi connectivity index (χ0n) is 17.1. The summed E-state index contributed by atoms with van der Waals surface area (Å²) in [4.78, 5) is 25.8. The number of phenols is 1. The average molecular weight is 470 g/mol. The highest BCUT2D eigenvalue weighted by Crippen LogP contribution is 2.39. The van der Waals surface area contributed by atoms with Gasteiger partial charge in [0, 0.05) is 22.7 Å². The van der Waals surface area contributed by atoms with Crippen LogP contribution in [0.1, 0.15) is 48.3 Å². The van der Waals surface area contributed by atoms with E-state index in [-0.39, 0.29) is 37.8 Å². The molecule has 1 aromatic heterocycles. The van der Waals surface area contributed by atoms with Crippen molar-refractivity contribution in [2.24, 2.45) is 0 Å². The van der Waals surface area contributed by atoms with Crippen LogP contribution in [0.3, 0.4) is 0 Å². The molecule has 0 bridgehead atoms. The molecule has 164 valence electrons. The van der Waals surface area contributed by atoms with Crippen molar-refractivity contribution in [1.29, 1.82) is 0 Å². The lowest BCUT2D eigenvalue weighted by atomic mass is 9.97. The number of phenolic OH excluding ortho intramolecular Hbond substituents is 1. The molecule has 9 heteroatoms. The average Bonchev–Trinajstić information content (AvgIpc) is 2.98. The number of carbonyl (C=O) groups is 2. The third kappa shape index (κ3) is 4.00. The number of hydrogen-bond acceptors (Lipinski definition) is 4. The minimum Gasteiger partial charge on any atom is -0.503 e. The number of carbonyl (C=O) groups excluding carboxylic acids is 2. The standard InChI is InChI=1S/C22H19Cl2F2NO4/c1-9(2)31-22(30)10(3)17-11(4)27(16-8-15(25)20(28)19(26)18(16)17)21(29)12-5-6-13(23)14(24)7-12/h5-10,28H,1-4H3/t10-/m0/s1. The van der Waals surface area contributed by atoms with E-state index in [2.05, 4.69) is 0 Å². The highest BCUT2D eigenvalue weighted by molar-refractivity contribution is 6.42. The van der Waals surface area contributed by atoms with Gasteiger partial charge in [-0.1, -0.05) is 23.2 Å². The summed E-state index contributed by atoms with van der Waals surface area (Å²) in [5, 5.41) is 9.95. The number of esters is 1. The first-order chi connectivity index (χ1) is 14.5. The van der Waals surface area contributed by atoms with Crippen molar-refractivity contribution in [3.8, 4) is 5.75 Å². The van der Waals surface area contributed by atoms with E-state index in [0.717, 1.165) is 10.6 Å². The molecule has 1 N–H and O–H groups in total. The highest BCUT2D eigenvalue weighted by atomic mass is 35.5. The van der Waals surface area contributed by atoms with Crippen molar-refractivity contribution < 1.29 is 28.2 Å². The van der Waals surface area contributed by atoms with E-state index in [9.17, 15) is 23.5 Å². The van der Waals surface area contributed by atoms with Crippen molar-refractivity contribution in [3.63, 3.8) is 0 Å². The molecule has 0 saturated heterocycles. The zero-order valence-corrected chi connectivity index (χ0v) is 18.6. The Kier molecular flexibility index (Phi) is 6.30. The molecule has 0 radical (unpaired) electrons. The van der Waals surface area contributed by atoms with Gasteiger partial charge in [-0.05, 0) is 51.5 Å². The van der Waals surface area contributed by atoms with E-state index in [1.165, 1.54) is 32.0 Å². The van der Waals surface area contributed by atoms with Gasteiger partial charge in [0.2, 0.25) is 0 Å². The molecule has 3 aromatic rings. The van der Waals surface area contributed by atoms with E-state index in [4.69, 9.17) is 27.9 Å². The highest BCUT2D eigenvalue weighted by Gasteiger charge is 2.31. The number of halogens is 4. The SMILES string of the molecule is Cc1c([C@H](C)C(=O)OC(C)C)c2c(F)c(O)c(F)cc2n1C(=O)c1ccc(Cl)c(Cl)c1.